The van der Waals surface area contributed by atoms with Crippen LogP contribution < -0.4 is 10.0 Å². The summed E-state index contributed by atoms with van der Waals surface area (Å²) in [6, 6.07) is 0.630. The van der Waals surface area contributed by atoms with Crippen molar-refractivity contribution in [2.45, 2.75) is 13.0 Å². The van der Waals surface area contributed by atoms with E-state index >= 15 is 0 Å². The van der Waals surface area contributed by atoms with Crippen LogP contribution in [0.1, 0.15) is 6.92 Å². The molecule has 0 aliphatic rings. The molecule has 1 amide bonds. The molecule has 0 aliphatic carbocycles. The minimum atomic E-state index is -3.66. The number of amides is 1. The molecule has 0 aromatic rings. The first-order valence-corrected chi connectivity index (χ1v) is 5.16. The van der Waals surface area contributed by atoms with Crippen LogP contribution in [0, 0.1) is 11.3 Å². The van der Waals surface area contributed by atoms with Gasteiger partial charge in [0.2, 0.25) is 15.9 Å². The van der Waals surface area contributed by atoms with Crippen molar-refractivity contribution in [1.29, 1.82) is 5.26 Å². The third-order valence-corrected chi connectivity index (χ3v) is 2.47. The topological polar surface area (TPSA) is 99.1 Å². The molecule has 1 atom stereocenters. The maximum absolute atomic E-state index is 10.9. The smallest absolute Gasteiger partial charge is 0.237 e. The van der Waals surface area contributed by atoms with Crippen LogP contribution in [0.2, 0.25) is 0 Å². The van der Waals surface area contributed by atoms with E-state index in [0.29, 0.717) is 0 Å². The molecule has 0 saturated carbocycles. The molecule has 0 bridgehead atoms. The van der Waals surface area contributed by atoms with Crippen LogP contribution in [0.3, 0.4) is 0 Å². The number of carbonyl (C=O) groups is 1. The zero-order valence-corrected chi connectivity index (χ0v) is 8.18. The van der Waals surface area contributed by atoms with E-state index in [0.717, 1.165) is 0 Å². The monoisotopic (exact) mass is 205 g/mol. The van der Waals surface area contributed by atoms with Gasteiger partial charge in [0.1, 0.15) is 0 Å². The summed E-state index contributed by atoms with van der Waals surface area (Å²) < 4.78 is 23.9. The van der Waals surface area contributed by atoms with Crippen LogP contribution in [-0.4, -0.2) is 33.2 Å². The number of likely N-dealkylation sites (N-methyl/N-ethyl adjacent to an activating group) is 1. The number of hydrogen-bond acceptors (Lipinski definition) is 4. The number of sulfonamides is 1. The molecule has 7 heteroatoms. The number of carbonyl (C=O) groups excluding carboxylic acids is 1. The summed E-state index contributed by atoms with van der Waals surface area (Å²) in [5.74, 6) is -1.09. The molecular weight excluding hydrogens is 194 g/mol. The van der Waals surface area contributed by atoms with Gasteiger partial charge in [-0.25, -0.2) is 13.1 Å². The minimum absolute atomic E-state index is 0.443. The number of nitriles is 1. The molecule has 0 aliphatic heterocycles. The Morgan fingerprint density at radius 3 is 2.54 bits per heavy atom. The Kier molecular flexibility index (Phi) is 4.37. The summed E-state index contributed by atoms with van der Waals surface area (Å²) in [6.07, 6.45) is 0. The highest BCUT2D eigenvalue weighted by Gasteiger charge is 2.18. The van der Waals surface area contributed by atoms with Gasteiger partial charge in [-0.15, -0.1) is 0 Å². The van der Waals surface area contributed by atoms with Gasteiger partial charge in [-0.05, 0) is 6.92 Å². The summed E-state index contributed by atoms with van der Waals surface area (Å²) in [4.78, 5) is 10.9. The Labute approximate surface area is 77.0 Å². The van der Waals surface area contributed by atoms with E-state index in [1.54, 1.807) is 0 Å². The molecule has 0 aromatic carbocycles. The van der Waals surface area contributed by atoms with E-state index < -0.39 is 27.7 Å². The maximum atomic E-state index is 10.9. The largest absolute Gasteiger partial charge is 0.358 e. The maximum Gasteiger partial charge on any atom is 0.237 e. The fourth-order valence-corrected chi connectivity index (χ4v) is 1.57. The SMILES string of the molecule is CNC(=O)C(C)NS(=O)(=O)CC#N. The number of rotatable bonds is 4. The van der Waals surface area contributed by atoms with Crippen LogP contribution in [-0.2, 0) is 14.8 Å². The van der Waals surface area contributed by atoms with Gasteiger partial charge in [0.15, 0.2) is 5.75 Å². The standard InChI is InChI=1S/C6H11N3O3S/c1-5(6(10)8-2)9-13(11,12)4-3-7/h5,9H,4H2,1-2H3,(H,8,10). The highest BCUT2D eigenvalue weighted by atomic mass is 32.2. The Morgan fingerprint density at radius 2 is 2.15 bits per heavy atom. The molecule has 13 heavy (non-hydrogen) atoms. The second kappa shape index (κ2) is 4.79. The van der Waals surface area contributed by atoms with Crippen molar-refractivity contribution in [3.05, 3.63) is 0 Å². The normalized spacial score (nSPS) is 13.0. The fourth-order valence-electron chi connectivity index (χ4n) is 0.666. The lowest BCUT2D eigenvalue weighted by molar-refractivity contribution is -0.121. The lowest BCUT2D eigenvalue weighted by Crippen LogP contribution is -2.44. The molecule has 0 fully saturated rings. The van der Waals surface area contributed by atoms with Gasteiger partial charge in [0, 0.05) is 7.05 Å². The second-order valence-electron chi connectivity index (χ2n) is 2.37. The molecule has 1 unspecified atom stereocenters. The van der Waals surface area contributed by atoms with Crippen molar-refractivity contribution in [2.24, 2.45) is 0 Å². The van der Waals surface area contributed by atoms with Crippen molar-refractivity contribution in [3.63, 3.8) is 0 Å². The predicted octanol–water partition coefficient (Wildman–Crippen LogP) is -1.44. The lowest BCUT2D eigenvalue weighted by Gasteiger charge is -2.10. The van der Waals surface area contributed by atoms with Gasteiger partial charge in [0.05, 0.1) is 12.1 Å². The number of nitrogens with one attached hydrogen (secondary N) is 2. The highest BCUT2D eigenvalue weighted by molar-refractivity contribution is 7.89. The Balaban J connectivity index is 4.30. The average molecular weight is 205 g/mol. The van der Waals surface area contributed by atoms with Gasteiger partial charge in [0.25, 0.3) is 0 Å². The fraction of sp³-hybridized carbons (Fsp3) is 0.667. The zero-order valence-electron chi connectivity index (χ0n) is 7.36. The van der Waals surface area contributed by atoms with E-state index in [1.165, 1.54) is 20.0 Å². The van der Waals surface area contributed by atoms with Crippen LogP contribution in [0.4, 0.5) is 0 Å². The quantitative estimate of drug-likeness (QED) is 0.587. The first kappa shape index (κ1) is 11.9. The van der Waals surface area contributed by atoms with Crippen molar-refractivity contribution < 1.29 is 13.2 Å². The molecule has 0 radical (unpaired) electrons. The van der Waals surface area contributed by atoms with E-state index in [9.17, 15) is 13.2 Å². The first-order valence-electron chi connectivity index (χ1n) is 3.51. The molecule has 0 heterocycles. The van der Waals surface area contributed by atoms with Crippen LogP contribution in [0.15, 0.2) is 0 Å². The number of hydrogen-bond donors (Lipinski definition) is 2. The molecule has 2 N–H and O–H groups in total. The number of nitrogens with zero attached hydrogens (tertiary/aromatic N) is 1. The van der Waals surface area contributed by atoms with Gasteiger partial charge in [-0.3, -0.25) is 4.79 Å². The van der Waals surface area contributed by atoms with E-state index in [1.807, 2.05) is 4.72 Å². The molecule has 6 nitrogen and oxygen atoms in total. The van der Waals surface area contributed by atoms with Gasteiger partial charge in [-0.2, -0.15) is 5.26 Å². The molecule has 0 aromatic heterocycles. The van der Waals surface area contributed by atoms with Crippen molar-refractivity contribution in [1.82, 2.24) is 10.0 Å². The second-order valence-corrected chi connectivity index (χ2v) is 4.12. The molecule has 0 spiro atoms. The molecular formula is C6H11N3O3S. The van der Waals surface area contributed by atoms with E-state index in [4.69, 9.17) is 5.26 Å². The predicted molar refractivity (Wildman–Crippen MR) is 46.1 cm³/mol. The Hall–Kier alpha value is -1.13. The van der Waals surface area contributed by atoms with Crippen LogP contribution in [0.5, 0.6) is 0 Å². The van der Waals surface area contributed by atoms with Crippen LogP contribution in [0.25, 0.3) is 0 Å². The summed E-state index contributed by atoms with van der Waals surface area (Å²) in [5, 5.41) is 10.4. The molecule has 74 valence electrons. The van der Waals surface area contributed by atoms with Gasteiger partial charge < -0.3 is 5.32 Å². The van der Waals surface area contributed by atoms with Gasteiger partial charge in [-0.1, -0.05) is 0 Å². The average Bonchev–Trinajstić information content (AvgIpc) is 2.01. The van der Waals surface area contributed by atoms with Crippen molar-refractivity contribution in [2.75, 3.05) is 12.8 Å². The Bertz CT molecular complexity index is 317. The lowest BCUT2D eigenvalue weighted by atomic mass is 10.3. The third-order valence-electron chi connectivity index (χ3n) is 1.25. The first-order chi connectivity index (χ1) is 5.93. The van der Waals surface area contributed by atoms with Crippen molar-refractivity contribution >= 4 is 15.9 Å². The molecule has 0 saturated heterocycles. The van der Waals surface area contributed by atoms with E-state index in [2.05, 4.69) is 5.32 Å². The summed E-state index contributed by atoms with van der Waals surface area (Å²) in [5.41, 5.74) is 0. The minimum Gasteiger partial charge on any atom is -0.358 e. The summed E-state index contributed by atoms with van der Waals surface area (Å²) in [7, 11) is -2.26. The van der Waals surface area contributed by atoms with Gasteiger partial charge >= 0.3 is 0 Å². The van der Waals surface area contributed by atoms with Crippen LogP contribution >= 0.6 is 0 Å². The summed E-state index contributed by atoms with van der Waals surface area (Å²) >= 11 is 0. The van der Waals surface area contributed by atoms with Crippen molar-refractivity contribution in [3.8, 4) is 6.07 Å². The third kappa shape index (κ3) is 4.45. The molecule has 0 rings (SSSR count). The zero-order chi connectivity index (χ0) is 10.5. The highest BCUT2D eigenvalue weighted by Crippen LogP contribution is 1.88. The Morgan fingerprint density at radius 1 is 1.62 bits per heavy atom. The van der Waals surface area contributed by atoms with E-state index in [-0.39, 0.29) is 0 Å². The summed E-state index contributed by atoms with van der Waals surface area (Å²) in [6.45, 7) is 1.40.